The van der Waals surface area contributed by atoms with Crippen molar-refractivity contribution in [2.75, 3.05) is 55.7 Å². The Kier molecular flexibility index (Phi) is 14.7. The highest BCUT2D eigenvalue weighted by Crippen LogP contribution is 2.40. The quantitative estimate of drug-likeness (QED) is 0.367. The van der Waals surface area contributed by atoms with Gasteiger partial charge in [0.1, 0.15) is 0 Å². The van der Waals surface area contributed by atoms with E-state index in [4.69, 9.17) is 28.4 Å². The van der Waals surface area contributed by atoms with E-state index < -0.39 is 0 Å². The maximum atomic E-state index is 5.58. The Morgan fingerprint density at radius 3 is 1.17 bits per heavy atom. The standard InChI is InChI=1S/C25H38N2O6.2ClH/c1-25(2,15-26-13-17-9-11-19(28-3)23(32-7)21(17)30-5)16-27-14-18-10-12-20(29-4)24(33-8)22(18)31-6;;/h9-12,26-27H,13-16H2,1-8H3;2*1H. The molecule has 0 spiro atoms. The van der Waals surface area contributed by atoms with Gasteiger partial charge in [0.25, 0.3) is 0 Å². The Morgan fingerprint density at radius 2 is 0.886 bits per heavy atom. The zero-order chi connectivity index (χ0) is 24.4. The summed E-state index contributed by atoms with van der Waals surface area (Å²) in [4.78, 5) is 0. The van der Waals surface area contributed by atoms with Gasteiger partial charge in [-0.25, -0.2) is 0 Å². The first-order chi connectivity index (χ1) is 15.8. The zero-order valence-electron chi connectivity index (χ0n) is 21.9. The Hall–Kier alpha value is -2.26. The summed E-state index contributed by atoms with van der Waals surface area (Å²) in [5.74, 6) is 3.86. The highest BCUT2D eigenvalue weighted by atomic mass is 35.5. The first-order valence-electron chi connectivity index (χ1n) is 10.8. The molecule has 2 aromatic rings. The summed E-state index contributed by atoms with van der Waals surface area (Å²) in [5, 5.41) is 7.06. The molecule has 0 bridgehead atoms. The van der Waals surface area contributed by atoms with Crippen molar-refractivity contribution in [3.8, 4) is 34.5 Å². The van der Waals surface area contributed by atoms with Crippen molar-refractivity contribution in [3.63, 3.8) is 0 Å². The minimum atomic E-state index is 0. The van der Waals surface area contributed by atoms with Crippen molar-refractivity contribution >= 4 is 24.8 Å². The van der Waals surface area contributed by atoms with E-state index in [1.165, 1.54) is 0 Å². The largest absolute Gasteiger partial charge is 0.493 e. The maximum absolute atomic E-state index is 5.58. The second-order valence-electron chi connectivity index (χ2n) is 8.36. The smallest absolute Gasteiger partial charge is 0.203 e. The highest BCUT2D eigenvalue weighted by molar-refractivity contribution is 5.85. The van der Waals surface area contributed by atoms with Crippen LogP contribution >= 0.6 is 24.8 Å². The van der Waals surface area contributed by atoms with Crippen molar-refractivity contribution in [3.05, 3.63) is 35.4 Å². The third-order valence-electron chi connectivity index (χ3n) is 5.41. The monoisotopic (exact) mass is 534 g/mol. The van der Waals surface area contributed by atoms with Gasteiger partial charge in [-0.2, -0.15) is 0 Å². The summed E-state index contributed by atoms with van der Waals surface area (Å²) in [6, 6.07) is 7.76. The molecule has 0 aliphatic heterocycles. The molecule has 0 unspecified atom stereocenters. The predicted molar refractivity (Wildman–Crippen MR) is 144 cm³/mol. The van der Waals surface area contributed by atoms with Crippen LogP contribution in [0.1, 0.15) is 25.0 Å². The normalized spacial score (nSPS) is 10.5. The fourth-order valence-corrected chi connectivity index (χ4v) is 3.74. The molecule has 0 fully saturated rings. The van der Waals surface area contributed by atoms with Crippen LogP contribution in [-0.2, 0) is 13.1 Å². The van der Waals surface area contributed by atoms with E-state index in [0.29, 0.717) is 47.6 Å². The zero-order valence-corrected chi connectivity index (χ0v) is 23.5. The van der Waals surface area contributed by atoms with Crippen LogP contribution in [-0.4, -0.2) is 55.7 Å². The van der Waals surface area contributed by atoms with Crippen LogP contribution in [0.5, 0.6) is 34.5 Å². The molecule has 2 rings (SSSR count). The third-order valence-corrected chi connectivity index (χ3v) is 5.41. The number of ether oxygens (including phenoxy) is 6. The van der Waals surface area contributed by atoms with Gasteiger partial charge in [-0.1, -0.05) is 26.0 Å². The fourth-order valence-electron chi connectivity index (χ4n) is 3.74. The van der Waals surface area contributed by atoms with Gasteiger partial charge >= 0.3 is 0 Å². The molecule has 2 N–H and O–H groups in total. The molecule has 0 amide bonds. The van der Waals surface area contributed by atoms with Crippen molar-refractivity contribution in [2.45, 2.75) is 26.9 Å². The van der Waals surface area contributed by atoms with E-state index in [1.807, 2.05) is 24.3 Å². The number of methoxy groups -OCH3 is 6. The van der Waals surface area contributed by atoms with E-state index >= 15 is 0 Å². The van der Waals surface area contributed by atoms with Crippen LogP contribution in [0, 0.1) is 5.41 Å². The molecule has 200 valence electrons. The maximum Gasteiger partial charge on any atom is 0.203 e. The minimum Gasteiger partial charge on any atom is -0.493 e. The summed E-state index contributed by atoms with van der Waals surface area (Å²) < 4.78 is 32.8. The average molecular weight is 536 g/mol. The third kappa shape index (κ3) is 8.42. The van der Waals surface area contributed by atoms with E-state index in [-0.39, 0.29) is 30.2 Å². The van der Waals surface area contributed by atoms with Crippen LogP contribution in [0.2, 0.25) is 0 Å². The first kappa shape index (κ1) is 32.7. The molecule has 0 radical (unpaired) electrons. The summed E-state index contributed by atoms with van der Waals surface area (Å²) in [7, 11) is 9.72. The van der Waals surface area contributed by atoms with Crippen molar-refractivity contribution in [1.29, 1.82) is 0 Å². The van der Waals surface area contributed by atoms with Gasteiger partial charge in [-0.05, 0) is 17.5 Å². The summed E-state index contributed by atoms with van der Waals surface area (Å²) in [5.41, 5.74) is 2.02. The number of benzene rings is 2. The van der Waals surface area contributed by atoms with Gasteiger partial charge in [0.05, 0.1) is 42.7 Å². The van der Waals surface area contributed by atoms with Crippen molar-refractivity contribution in [2.24, 2.45) is 5.41 Å². The second kappa shape index (κ2) is 15.7. The molecule has 0 aliphatic carbocycles. The molecule has 0 saturated heterocycles. The highest BCUT2D eigenvalue weighted by Gasteiger charge is 2.20. The molecular weight excluding hydrogens is 495 g/mol. The molecule has 0 atom stereocenters. The summed E-state index contributed by atoms with van der Waals surface area (Å²) in [6.07, 6.45) is 0. The van der Waals surface area contributed by atoms with E-state index in [9.17, 15) is 0 Å². The SMILES string of the molecule is COc1ccc(CNCC(C)(C)CNCc2ccc(OC)c(OC)c2OC)c(OC)c1OC.Cl.Cl. The van der Waals surface area contributed by atoms with Gasteiger partial charge in [0, 0.05) is 37.3 Å². The molecule has 35 heavy (non-hydrogen) atoms. The van der Waals surface area contributed by atoms with Gasteiger partial charge in [0.15, 0.2) is 23.0 Å². The minimum absolute atomic E-state index is 0. The van der Waals surface area contributed by atoms with Gasteiger partial charge in [-0.3, -0.25) is 0 Å². The summed E-state index contributed by atoms with van der Waals surface area (Å²) >= 11 is 0. The number of hydrogen-bond acceptors (Lipinski definition) is 8. The molecule has 0 saturated carbocycles. The molecule has 0 aromatic heterocycles. The van der Waals surface area contributed by atoms with Crippen LogP contribution in [0.15, 0.2) is 24.3 Å². The molecule has 2 aromatic carbocycles. The van der Waals surface area contributed by atoms with Crippen LogP contribution in [0.25, 0.3) is 0 Å². The van der Waals surface area contributed by atoms with Gasteiger partial charge < -0.3 is 39.1 Å². The second-order valence-corrected chi connectivity index (χ2v) is 8.36. The Balaban J connectivity index is 0.00000578. The fraction of sp³-hybridized carbons (Fsp3) is 0.520. The van der Waals surface area contributed by atoms with E-state index in [2.05, 4.69) is 24.5 Å². The molecule has 0 aliphatic rings. The van der Waals surface area contributed by atoms with Crippen molar-refractivity contribution < 1.29 is 28.4 Å². The van der Waals surface area contributed by atoms with Gasteiger partial charge in [-0.15, -0.1) is 24.8 Å². The predicted octanol–water partition coefficient (Wildman–Crippen LogP) is 4.49. The van der Waals surface area contributed by atoms with E-state index in [1.54, 1.807) is 42.7 Å². The lowest BCUT2D eigenvalue weighted by molar-refractivity contribution is 0.307. The lowest BCUT2D eigenvalue weighted by atomic mass is 9.93. The topological polar surface area (TPSA) is 79.4 Å². The van der Waals surface area contributed by atoms with E-state index in [0.717, 1.165) is 24.2 Å². The van der Waals surface area contributed by atoms with Crippen molar-refractivity contribution in [1.82, 2.24) is 10.6 Å². The van der Waals surface area contributed by atoms with Gasteiger partial charge in [0.2, 0.25) is 11.5 Å². The Bertz CT molecular complexity index is 841. The molecule has 0 heterocycles. The Morgan fingerprint density at radius 1 is 0.543 bits per heavy atom. The first-order valence-corrected chi connectivity index (χ1v) is 10.8. The summed E-state index contributed by atoms with van der Waals surface area (Å²) in [6.45, 7) is 7.34. The lowest BCUT2D eigenvalue weighted by Crippen LogP contribution is -2.37. The number of halogens is 2. The number of hydrogen-bond donors (Lipinski definition) is 2. The number of rotatable bonds is 14. The molecule has 8 nitrogen and oxygen atoms in total. The molecular formula is C25H40Cl2N2O6. The number of nitrogens with one attached hydrogen (secondary N) is 2. The molecule has 10 heteroatoms. The Labute approximate surface area is 221 Å². The lowest BCUT2D eigenvalue weighted by Gasteiger charge is -2.26. The van der Waals surface area contributed by atoms with Crippen LogP contribution in [0.3, 0.4) is 0 Å². The van der Waals surface area contributed by atoms with Crippen LogP contribution < -0.4 is 39.1 Å². The average Bonchev–Trinajstić information content (AvgIpc) is 2.82. The van der Waals surface area contributed by atoms with Crippen LogP contribution in [0.4, 0.5) is 0 Å².